The SMILES string of the molecule is CC1CCC(=O)NC2=C1C(C1CN(N)CCN1)CC=C2. The Balaban J connectivity index is 1.87. The van der Waals surface area contributed by atoms with Gasteiger partial charge in [-0.05, 0) is 30.4 Å². The average Bonchev–Trinajstić information content (AvgIpc) is 2.58. The van der Waals surface area contributed by atoms with Crippen molar-refractivity contribution in [3.8, 4) is 0 Å². The van der Waals surface area contributed by atoms with Crippen LogP contribution in [0.3, 0.4) is 0 Å². The number of rotatable bonds is 1. The molecule has 2 aliphatic heterocycles. The number of hydrazine groups is 1. The molecule has 3 aliphatic rings. The summed E-state index contributed by atoms with van der Waals surface area (Å²) in [7, 11) is 0. The molecule has 4 N–H and O–H groups in total. The van der Waals surface area contributed by atoms with Crippen LogP contribution in [0.25, 0.3) is 0 Å². The predicted molar refractivity (Wildman–Crippen MR) is 78.4 cm³/mol. The first-order valence-corrected chi connectivity index (χ1v) is 7.58. The minimum Gasteiger partial charge on any atom is -0.326 e. The summed E-state index contributed by atoms with van der Waals surface area (Å²) in [6, 6.07) is 0.376. The lowest BCUT2D eigenvalue weighted by Crippen LogP contribution is -2.56. The molecule has 1 amide bonds. The van der Waals surface area contributed by atoms with Crippen molar-refractivity contribution in [3.63, 3.8) is 0 Å². The smallest absolute Gasteiger partial charge is 0.224 e. The third-order valence-corrected chi connectivity index (χ3v) is 4.72. The van der Waals surface area contributed by atoms with Crippen molar-refractivity contribution in [3.05, 3.63) is 23.4 Å². The minimum absolute atomic E-state index is 0.143. The van der Waals surface area contributed by atoms with Crippen LogP contribution in [0, 0.1) is 11.8 Å². The van der Waals surface area contributed by atoms with E-state index in [9.17, 15) is 4.79 Å². The summed E-state index contributed by atoms with van der Waals surface area (Å²) in [5.41, 5.74) is 2.44. The monoisotopic (exact) mass is 276 g/mol. The van der Waals surface area contributed by atoms with Crippen molar-refractivity contribution in [2.75, 3.05) is 19.6 Å². The highest BCUT2D eigenvalue weighted by Gasteiger charge is 2.34. The topological polar surface area (TPSA) is 70.4 Å². The molecule has 0 saturated carbocycles. The van der Waals surface area contributed by atoms with Crippen molar-refractivity contribution in [1.82, 2.24) is 15.6 Å². The second-order valence-corrected chi connectivity index (χ2v) is 6.16. The van der Waals surface area contributed by atoms with E-state index in [1.807, 2.05) is 5.01 Å². The van der Waals surface area contributed by atoms with Gasteiger partial charge in [-0.2, -0.15) is 0 Å². The van der Waals surface area contributed by atoms with Gasteiger partial charge in [0.15, 0.2) is 0 Å². The Morgan fingerprint density at radius 3 is 3.10 bits per heavy atom. The van der Waals surface area contributed by atoms with Crippen LogP contribution in [0.15, 0.2) is 23.4 Å². The summed E-state index contributed by atoms with van der Waals surface area (Å²) in [6.07, 6.45) is 6.85. The van der Waals surface area contributed by atoms with Gasteiger partial charge in [0.05, 0.1) is 0 Å². The van der Waals surface area contributed by atoms with E-state index in [-0.39, 0.29) is 5.91 Å². The predicted octanol–water partition coefficient (Wildman–Crippen LogP) is 0.510. The second-order valence-electron chi connectivity index (χ2n) is 6.16. The largest absolute Gasteiger partial charge is 0.326 e. The van der Waals surface area contributed by atoms with Crippen molar-refractivity contribution >= 4 is 5.91 Å². The summed E-state index contributed by atoms with van der Waals surface area (Å²) < 4.78 is 0. The number of amides is 1. The van der Waals surface area contributed by atoms with Crippen LogP contribution in [0.5, 0.6) is 0 Å². The van der Waals surface area contributed by atoms with E-state index in [4.69, 9.17) is 5.84 Å². The average molecular weight is 276 g/mol. The molecule has 3 rings (SSSR count). The molecular formula is C15H24N4O. The Bertz CT molecular complexity index is 457. The fraction of sp³-hybridized carbons (Fsp3) is 0.667. The van der Waals surface area contributed by atoms with Gasteiger partial charge in [-0.1, -0.05) is 13.0 Å². The summed E-state index contributed by atoms with van der Waals surface area (Å²) in [6.45, 7) is 4.95. The molecule has 20 heavy (non-hydrogen) atoms. The fourth-order valence-corrected chi connectivity index (χ4v) is 3.67. The quantitative estimate of drug-likeness (QED) is 0.610. The fourth-order valence-electron chi connectivity index (χ4n) is 3.67. The number of nitrogens with zero attached hydrogens (tertiary/aromatic N) is 1. The highest BCUT2D eigenvalue weighted by Crippen LogP contribution is 2.36. The molecule has 1 fully saturated rings. The molecule has 0 radical (unpaired) electrons. The van der Waals surface area contributed by atoms with Gasteiger partial charge in [-0.15, -0.1) is 0 Å². The van der Waals surface area contributed by atoms with E-state index in [1.165, 1.54) is 5.57 Å². The minimum atomic E-state index is 0.143. The van der Waals surface area contributed by atoms with Gasteiger partial charge in [0, 0.05) is 43.7 Å². The second kappa shape index (κ2) is 5.68. The molecule has 5 heteroatoms. The Labute approximate surface area is 120 Å². The Hall–Kier alpha value is -1.17. The van der Waals surface area contributed by atoms with E-state index < -0.39 is 0 Å². The molecule has 0 aromatic carbocycles. The standard InChI is InChI=1S/C15H24N4O/c1-10-5-6-14(20)18-12-4-2-3-11(15(10)12)13-9-19(16)8-7-17-13/h2,4,10-11,13,17H,3,5-9,16H2,1H3,(H,18,20). The van der Waals surface area contributed by atoms with Gasteiger partial charge in [-0.25, -0.2) is 5.01 Å². The van der Waals surface area contributed by atoms with Crippen molar-refractivity contribution < 1.29 is 4.79 Å². The lowest BCUT2D eigenvalue weighted by molar-refractivity contribution is -0.120. The van der Waals surface area contributed by atoms with E-state index in [1.54, 1.807) is 0 Å². The summed E-state index contributed by atoms with van der Waals surface area (Å²) in [5, 5.41) is 8.58. The van der Waals surface area contributed by atoms with Gasteiger partial charge in [-0.3, -0.25) is 10.6 Å². The molecule has 0 aromatic heterocycles. The molecular weight excluding hydrogens is 252 g/mol. The zero-order valence-electron chi connectivity index (χ0n) is 12.1. The number of hydrogen-bond acceptors (Lipinski definition) is 4. The van der Waals surface area contributed by atoms with Crippen molar-refractivity contribution in [2.45, 2.75) is 32.2 Å². The zero-order chi connectivity index (χ0) is 14.1. The Kier molecular flexibility index (Phi) is 3.92. The molecule has 3 atom stereocenters. The normalized spacial score (nSPS) is 35.5. The molecule has 0 spiro atoms. The van der Waals surface area contributed by atoms with E-state index in [0.29, 0.717) is 24.3 Å². The molecule has 0 bridgehead atoms. The molecule has 5 nitrogen and oxygen atoms in total. The highest BCUT2D eigenvalue weighted by atomic mass is 16.1. The number of piperazine rings is 1. The molecule has 1 saturated heterocycles. The van der Waals surface area contributed by atoms with Crippen molar-refractivity contribution in [2.24, 2.45) is 17.7 Å². The van der Waals surface area contributed by atoms with Gasteiger partial charge in [0.2, 0.25) is 5.91 Å². The van der Waals surface area contributed by atoms with Gasteiger partial charge in [0.25, 0.3) is 0 Å². The maximum Gasteiger partial charge on any atom is 0.224 e. The summed E-state index contributed by atoms with van der Waals surface area (Å²) >= 11 is 0. The molecule has 3 unspecified atom stereocenters. The van der Waals surface area contributed by atoms with Gasteiger partial charge >= 0.3 is 0 Å². The first-order chi connectivity index (χ1) is 9.65. The number of carbonyl (C=O) groups is 1. The maximum atomic E-state index is 11.8. The third-order valence-electron chi connectivity index (χ3n) is 4.72. The van der Waals surface area contributed by atoms with E-state index in [2.05, 4.69) is 29.7 Å². The summed E-state index contributed by atoms with van der Waals surface area (Å²) in [5.74, 6) is 7.01. The Morgan fingerprint density at radius 2 is 2.30 bits per heavy atom. The first kappa shape index (κ1) is 13.8. The molecule has 2 heterocycles. The van der Waals surface area contributed by atoms with Gasteiger partial charge < -0.3 is 10.6 Å². The number of nitrogens with two attached hydrogens (primary N) is 1. The van der Waals surface area contributed by atoms with Crippen molar-refractivity contribution in [1.29, 1.82) is 0 Å². The summed E-state index contributed by atoms with van der Waals surface area (Å²) in [4.78, 5) is 11.8. The van der Waals surface area contributed by atoms with E-state index >= 15 is 0 Å². The third kappa shape index (κ3) is 2.66. The lowest BCUT2D eigenvalue weighted by Gasteiger charge is -2.39. The van der Waals surface area contributed by atoms with Crippen LogP contribution in [0.4, 0.5) is 0 Å². The first-order valence-electron chi connectivity index (χ1n) is 7.58. The lowest BCUT2D eigenvalue weighted by atomic mass is 9.77. The molecule has 110 valence electrons. The van der Waals surface area contributed by atoms with Crippen LogP contribution >= 0.6 is 0 Å². The van der Waals surface area contributed by atoms with Crippen LogP contribution in [-0.2, 0) is 4.79 Å². The number of allylic oxidation sites excluding steroid dienone is 2. The number of hydrogen-bond donors (Lipinski definition) is 3. The molecule has 1 aliphatic carbocycles. The Morgan fingerprint density at radius 1 is 1.45 bits per heavy atom. The van der Waals surface area contributed by atoms with Crippen LogP contribution < -0.4 is 16.5 Å². The number of nitrogens with one attached hydrogen (secondary N) is 2. The highest BCUT2D eigenvalue weighted by molar-refractivity contribution is 5.79. The molecule has 0 aromatic rings. The number of carbonyl (C=O) groups excluding carboxylic acids is 1. The van der Waals surface area contributed by atoms with E-state index in [0.717, 1.165) is 38.2 Å². The van der Waals surface area contributed by atoms with Crippen LogP contribution in [-0.4, -0.2) is 36.6 Å². The zero-order valence-corrected chi connectivity index (χ0v) is 12.1. The maximum absolute atomic E-state index is 11.8. The van der Waals surface area contributed by atoms with Crippen LogP contribution in [0.2, 0.25) is 0 Å². The van der Waals surface area contributed by atoms with Gasteiger partial charge in [0.1, 0.15) is 0 Å². The van der Waals surface area contributed by atoms with Crippen LogP contribution in [0.1, 0.15) is 26.2 Å².